The van der Waals surface area contributed by atoms with Crippen molar-refractivity contribution in [1.29, 1.82) is 0 Å². The van der Waals surface area contributed by atoms with Gasteiger partial charge in [0, 0.05) is 30.3 Å². The molecule has 0 spiro atoms. The third-order valence-corrected chi connectivity index (χ3v) is 4.41. The average Bonchev–Trinajstić information content (AvgIpc) is 3.14. The van der Waals surface area contributed by atoms with Crippen molar-refractivity contribution in [2.75, 3.05) is 6.54 Å². The van der Waals surface area contributed by atoms with Gasteiger partial charge in [-0.05, 0) is 49.9 Å². The number of hydrogen-bond acceptors (Lipinski definition) is 4. The Bertz CT molecular complexity index is 697. The molecule has 3 rings (SSSR count). The molecule has 1 saturated heterocycles. The third-order valence-electron chi connectivity index (χ3n) is 4.41. The number of rotatable bonds is 5. The zero-order valence-electron chi connectivity index (χ0n) is 13.3. The fourth-order valence-corrected chi connectivity index (χ4v) is 3.13. The molecular formula is C17H20N4O3. The number of aromatic nitrogens is 3. The van der Waals surface area contributed by atoms with Crippen LogP contribution in [0.15, 0.2) is 36.9 Å². The number of aliphatic carboxylic acids is 1. The lowest BCUT2D eigenvalue weighted by Crippen LogP contribution is -2.43. The summed E-state index contributed by atoms with van der Waals surface area (Å²) >= 11 is 0. The van der Waals surface area contributed by atoms with Gasteiger partial charge in [0.25, 0.3) is 5.91 Å². The van der Waals surface area contributed by atoms with Crippen LogP contribution in [0.2, 0.25) is 0 Å². The summed E-state index contributed by atoms with van der Waals surface area (Å²) in [6.07, 6.45) is 6.69. The number of benzene rings is 1. The Morgan fingerprint density at radius 1 is 1.12 bits per heavy atom. The molecule has 1 aromatic heterocycles. The van der Waals surface area contributed by atoms with Gasteiger partial charge >= 0.3 is 5.97 Å². The van der Waals surface area contributed by atoms with E-state index >= 15 is 0 Å². The highest BCUT2D eigenvalue weighted by atomic mass is 16.4. The van der Waals surface area contributed by atoms with Crippen molar-refractivity contribution < 1.29 is 14.7 Å². The lowest BCUT2D eigenvalue weighted by Gasteiger charge is -2.35. The minimum Gasteiger partial charge on any atom is -0.481 e. The number of amides is 1. The molecule has 2 heterocycles. The van der Waals surface area contributed by atoms with E-state index in [1.807, 2.05) is 17.0 Å². The number of carbonyl (C=O) groups is 2. The molecule has 24 heavy (non-hydrogen) atoms. The van der Waals surface area contributed by atoms with E-state index in [0.717, 1.165) is 24.9 Å². The summed E-state index contributed by atoms with van der Waals surface area (Å²) in [6, 6.07) is 7.31. The first-order valence-electron chi connectivity index (χ1n) is 8.13. The van der Waals surface area contributed by atoms with E-state index in [9.17, 15) is 9.59 Å². The van der Waals surface area contributed by atoms with E-state index in [4.69, 9.17) is 5.11 Å². The number of nitrogens with zero attached hydrogens (tertiary/aromatic N) is 4. The summed E-state index contributed by atoms with van der Waals surface area (Å²) in [4.78, 5) is 25.5. The Morgan fingerprint density at radius 3 is 2.50 bits per heavy atom. The monoisotopic (exact) mass is 328 g/mol. The molecule has 1 amide bonds. The van der Waals surface area contributed by atoms with Crippen molar-refractivity contribution in [1.82, 2.24) is 19.7 Å². The van der Waals surface area contributed by atoms with Crippen LogP contribution in [-0.4, -0.2) is 49.2 Å². The standard InChI is InChI=1S/C17H20N4O3/c22-16(23)9-8-15-3-1-2-10-21(15)17(24)13-4-6-14(7-5-13)20-11-18-19-12-20/h4-7,11-12,15H,1-3,8-10H2,(H,22,23)/t15-/m0/s1. The molecule has 0 saturated carbocycles. The van der Waals surface area contributed by atoms with Crippen LogP contribution in [-0.2, 0) is 4.79 Å². The van der Waals surface area contributed by atoms with Crippen LogP contribution in [0.3, 0.4) is 0 Å². The van der Waals surface area contributed by atoms with Gasteiger partial charge < -0.3 is 10.0 Å². The van der Waals surface area contributed by atoms with Crippen LogP contribution in [0.4, 0.5) is 0 Å². The maximum absolute atomic E-state index is 12.8. The quantitative estimate of drug-likeness (QED) is 0.908. The van der Waals surface area contributed by atoms with Gasteiger partial charge in [0.15, 0.2) is 0 Å². The molecule has 1 N–H and O–H groups in total. The van der Waals surface area contributed by atoms with Gasteiger partial charge in [-0.3, -0.25) is 14.2 Å². The van der Waals surface area contributed by atoms with Gasteiger partial charge in [0.1, 0.15) is 12.7 Å². The molecule has 1 atom stereocenters. The normalized spacial score (nSPS) is 17.7. The molecule has 1 fully saturated rings. The first kappa shape index (κ1) is 16.2. The molecule has 0 radical (unpaired) electrons. The second-order valence-electron chi connectivity index (χ2n) is 6.00. The molecule has 0 aliphatic carbocycles. The summed E-state index contributed by atoms with van der Waals surface area (Å²) < 4.78 is 1.77. The predicted molar refractivity (Wildman–Crippen MR) is 86.9 cm³/mol. The largest absolute Gasteiger partial charge is 0.481 e. The maximum atomic E-state index is 12.8. The van der Waals surface area contributed by atoms with Gasteiger partial charge in [0.05, 0.1) is 0 Å². The Kier molecular flexibility index (Phi) is 4.88. The van der Waals surface area contributed by atoms with E-state index < -0.39 is 5.97 Å². The molecule has 0 bridgehead atoms. The van der Waals surface area contributed by atoms with Gasteiger partial charge in [-0.25, -0.2) is 0 Å². The molecule has 7 nitrogen and oxygen atoms in total. The van der Waals surface area contributed by atoms with E-state index in [2.05, 4.69) is 10.2 Å². The second-order valence-corrected chi connectivity index (χ2v) is 6.00. The van der Waals surface area contributed by atoms with Crippen LogP contribution in [0.5, 0.6) is 0 Å². The molecule has 1 aromatic carbocycles. The SMILES string of the molecule is O=C(O)CC[C@@H]1CCCCN1C(=O)c1ccc(-n2cnnc2)cc1. The van der Waals surface area contributed by atoms with E-state index in [1.54, 1.807) is 29.4 Å². The molecule has 2 aromatic rings. The molecule has 7 heteroatoms. The van der Waals surface area contributed by atoms with Gasteiger partial charge in [-0.15, -0.1) is 10.2 Å². The smallest absolute Gasteiger partial charge is 0.303 e. The fraction of sp³-hybridized carbons (Fsp3) is 0.412. The molecular weight excluding hydrogens is 308 g/mol. The van der Waals surface area contributed by atoms with Crippen LogP contribution in [0.25, 0.3) is 5.69 Å². The number of likely N-dealkylation sites (tertiary alicyclic amines) is 1. The molecule has 0 unspecified atom stereocenters. The van der Waals surface area contributed by atoms with E-state index in [-0.39, 0.29) is 18.4 Å². The van der Waals surface area contributed by atoms with Crippen LogP contribution >= 0.6 is 0 Å². The first-order chi connectivity index (χ1) is 11.6. The van der Waals surface area contributed by atoms with Crippen molar-refractivity contribution in [3.05, 3.63) is 42.5 Å². The lowest BCUT2D eigenvalue weighted by molar-refractivity contribution is -0.137. The fourth-order valence-electron chi connectivity index (χ4n) is 3.13. The minimum absolute atomic E-state index is 0.0138. The highest BCUT2D eigenvalue weighted by Crippen LogP contribution is 2.23. The van der Waals surface area contributed by atoms with Crippen molar-refractivity contribution >= 4 is 11.9 Å². The second kappa shape index (κ2) is 7.25. The summed E-state index contributed by atoms with van der Waals surface area (Å²) in [7, 11) is 0. The number of hydrogen-bond donors (Lipinski definition) is 1. The van der Waals surface area contributed by atoms with Gasteiger partial charge in [0.2, 0.25) is 0 Å². The Hall–Kier alpha value is -2.70. The number of carbonyl (C=O) groups excluding carboxylic acids is 1. The molecule has 126 valence electrons. The third kappa shape index (κ3) is 3.61. The lowest BCUT2D eigenvalue weighted by atomic mass is 9.97. The Balaban J connectivity index is 1.72. The Labute approximate surface area is 139 Å². The minimum atomic E-state index is -0.814. The number of carboxylic acid groups (broad SMARTS) is 1. The maximum Gasteiger partial charge on any atom is 0.303 e. The highest BCUT2D eigenvalue weighted by Gasteiger charge is 2.27. The van der Waals surface area contributed by atoms with Crippen molar-refractivity contribution in [2.45, 2.75) is 38.1 Å². The number of piperidine rings is 1. The van der Waals surface area contributed by atoms with Crippen molar-refractivity contribution in [2.24, 2.45) is 0 Å². The summed E-state index contributed by atoms with van der Waals surface area (Å²) in [5, 5.41) is 16.4. The molecule has 1 aliphatic heterocycles. The van der Waals surface area contributed by atoms with Crippen LogP contribution in [0, 0.1) is 0 Å². The van der Waals surface area contributed by atoms with Crippen molar-refractivity contribution in [3.8, 4) is 5.69 Å². The van der Waals surface area contributed by atoms with Gasteiger partial charge in [-0.2, -0.15) is 0 Å². The number of carboxylic acids is 1. The van der Waals surface area contributed by atoms with Crippen LogP contribution in [0.1, 0.15) is 42.5 Å². The van der Waals surface area contributed by atoms with Crippen molar-refractivity contribution in [3.63, 3.8) is 0 Å². The summed E-state index contributed by atoms with van der Waals surface area (Å²) in [6.45, 7) is 0.691. The zero-order valence-corrected chi connectivity index (χ0v) is 13.3. The molecule has 1 aliphatic rings. The van der Waals surface area contributed by atoms with E-state index in [0.29, 0.717) is 18.5 Å². The first-order valence-corrected chi connectivity index (χ1v) is 8.13. The van der Waals surface area contributed by atoms with Gasteiger partial charge in [-0.1, -0.05) is 0 Å². The topological polar surface area (TPSA) is 88.3 Å². The van der Waals surface area contributed by atoms with E-state index in [1.165, 1.54) is 0 Å². The van der Waals surface area contributed by atoms with Crippen LogP contribution < -0.4 is 0 Å². The predicted octanol–water partition coefficient (Wildman–Crippen LogP) is 2.13. The highest BCUT2D eigenvalue weighted by molar-refractivity contribution is 5.94. The summed E-state index contributed by atoms with van der Waals surface area (Å²) in [5.41, 5.74) is 1.51. The summed E-state index contributed by atoms with van der Waals surface area (Å²) in [5.74, 6) is -0.841. The Morgan fingerprint density at radius 2 is 1.83 bits per heavy atom. The average molecular weight is 328 g/mol. The zero-order chi connectivity index (χ0) is 16.9.